The summed E-state index contributed by atoms with van der Waals surface area (Å²) in [5, 5.41) is 0. The van der Waals surface area contributed by atoms with Gasteiger partial charge in [-0.2, -0.15) is 0 Å². The molecule has 0 saturated carbocycles. The maximum Gasteiger partial charge on any atom is 0.227 e. The van der Waals surface area contributed by atoms with Gasteiger partial charge < -0.3 is 4.90 Å². The quantitative estimate of drug-likeness (QED) is 0.427. The van der Waals surface area contributed by atoms with Gasteiger partial charge in [-0.1, -0.05) is 35.4 Å². The number of nitrogens with zero attached hydrogens (tertiary/aromatic N) is 1. The molecular weight excluding hydrogens is 193 g/mol. The summed E-state index contributed by atoms with van der Waals surface area (Å²) in [7, 11) is 1.69. The highest BCUT2D eigenvalue weighted by molar-refractivity contribution is 7.81. The van der Waals surface area contributed by atoms with E-state index in [9.17, 15) is 4.79 Å². The molecule has 1 heterocycles. The molecule has 56 valence electrons. The van der Waals surface area contributed by atoms with Crippen molar-refractivity contribution >= 4 is 46.2 Å². The standard InChI is InChI=1S/C5H5Cl2NOS/c1-8-2-3(9)5(6,7)4(8)10/h2H2,1H3. The fraction of sp³-hybridized carbons (Fsp3) is 0.600. The first-order valence-corrected chi connectivity index (χ1v) is 3.79. The highest BCUT2D eigenvalue weighted by Gasteiger charge is 2.46. The molecule has 0 atom stereocenters. The van der Waals surface area contributed by atoms with Crippen LogP contribution < -0.4 is 0 Å². The minimum Gasteiger partial charge on any atom is -0.359 e. The average molecular weight is 198 g/mol. The molecule has 0 amide bonds. The zero-order valence-electron chi connectivity index (χ0n) is 5.23. The molecule has 10 heavy (non-hydrogen) atoms. The fourth-order valence-corrected chi connectivity index (χ4v) is 1.33. The van der Waals surface area contributed by atoms with Crippen LogP contribution in [0.1, 0.15) is 0 Å². The lowest BCUT2D eigenvalue weighted by molar-refractivity contribution is -0.117. The van der Waals surface area contributed by atoms with Gasteiger partial charge in [0.15, 0.2) is 5.78 Å². The molecular formula is C5H5Cl2NOS. The van der Waals surface area contributed by atoms with E-state index in [2.05, 4.69) is 0 Å². The molecule has 5 heteroatoms. The second-order valence-electron chi connectivity index (χ2n) is 2.16. The Hall–Kier alpha value is 0.140. The van der Waals surface area contributed by atoms with E-state index in [0.29, 0.717) is 4.99 Å². The molecule has 0 spiro atoms. The second-order valence-corrected chi connectivity index (χ2v) is 3.87. The summed E-state index contributed by atoms with van der Waals surface area (Å²) >= 11 is 16.0. The van der Waals surface area contributed by atoms with E-state index in [4.69, 9.17) is 35.4 Å². The number of thiocarbonyl (C=S) groups is 1. The van der Waals surface area contributed by atoms with Crippen LogP contribution in [0.2, 0.25) is 0 Å². The van der Waals surface area contributed by atoms with E-state index in [-0.39, 0.29) is 12.3 Å². The molecule has 0 radical (unpaired) electrons. The van der Waals surface area contributed by atoms with Crippen LogP contribution in [-0.4, -0.2) is 33.6 Å². The van der Waals surface area contributed by atoms with Crippen LogP contribution in [0.5, 0.6) is 0 Å². The normalized spacial score (nSPS) is 24.1. The number of likely N-dealkylation sites (N-methyl/N-ethyl adjacent to an activating group) is 1. The lowest BCUT2D eigenvalue weighted by atomic mass is 10.3. The van der Waals surface area contributed by atoms with Crippen LogP contribution in [0.4, 0.5) is 0 Å². The monoisotopic (exact) mass is 197 g/mol. The van der Waals surface area contributed by atoms with Crippen molar-refractivity contribution in [1.29, 1.82) is 0 Å². The highest BCUT2D eigenvalue weighted by atomic mass is 35.5. The van der Waals surface area contributed by atoms with Gasteiger partial charge in [0.2, 0.25) is 4.33 Å². The van der Waals surface area contributed by atoms with Gasteiger partial charge in [-0.25, -0.2) is 0 Å². The van der Waals surface area contributed by atoms with Gasteiger partial charge >= 0.3 is 0 Å². The molecule has 0 aromatic rings. The van der Waals surface area contributed by atoms with Gasteiger partial charge in [-0.05, 0) is 0 Å². The Kier molecular flexibility index (Phi) is 1.92. The Morgan fingerprint density at radius 2 is 2.20 bits per heavy atom. The van der Waals surface area contributed by atoms with Gasteiger partial charge in [-0.3, -0.25) is 4.79 Å². The van der Waals surface area contributed by atoms with Crippen LogP contribution in [-0.2, 0) is 4.79 Å². The number of hydrogen-bond donors (Lipinski definition) is 0. The van der Waals surface area contributed by atoms with Crippen molar-refractivity contribution < 1.29 is 4.79 Å². The van der Waals surface area contributed by atoms with Crippen molar-refractivity contribution in [3.8, 4) is 0 Å². The topological polar surface area (TPSA) is 20.3 Å². The van der Waals surface area contributed by atoms with E-state index in [1.807, 2.05) is 0 Å². The van der Waals surface area contributed by atoms with Crippen molar-refractivity contribution in [2.75, 3.05) is 13.6 Å². The number of halogens is 2. The maximum atomic E-state index is 10.9. The Balaban J connectivity index is 2.96. The first-order chi connectivity index (χ1) is 4.46. The fourth-order valence-electron chi connectivity index (χ4n) is 0.745. The zero-order valence-corrected chi connectivity index (χ0v) is 7.56. The van der Waals surface area contributed by atoms with Crippen LogP contribution in [0.25, 0.3) is 0 Å². The number of alkyl halides is 2. The number of likely N-dealkylation sites (tertiary alicyclic amines) is 1. The van der Waals surface area contributed by atoms with Crippen LogP contribution in [0.3, 0.4) is 0 Å². The summed E-state index contributed by atoms with van der Waals surface area (Å²) in [4.78, 5) is 12.8. The first-order valence-electron chi connectivity index (χ1n) is 2.63. The van der Waals surface area contributed by atoms with Crippen molar-refractivity contribution in [2.24, 2.45) is 0 Å². The lowest BCUT2D eigenvalue weighted by Crippen LogP contribution is -2.29. The molecule has 0 bridgehead atoms. The van der Waals surface area contributed by atoms with Crippen molar-refractivity contribution in [3.63, 3.8) is 0 Å². The predicted molar refractivity (Wildman–Crippen MR) is 44.7 cm³/mol. The van der Waals surface area contributed by atoms with Crippen LogP contribution in [0, 0.1) is 0 Å². The highest BCUT2D eigenvalue weighted by Crippen LogP contribution is 2.30. The van der Waals surface area contributed by atoms with Gasteiger partial charge in [0.1, 0.15) is 4.99 Å². The molecule has 1 saturated heterocycles. The Labute approximate surface area is 74.1 Å². The molecule has 0 unspecified atom stereocenters. The van der Waals surface area contributed by atoms with Crippen LogP contribution >= 0.6 is 35.4 Å². The first kappa shape index (κ1) is 8.24. The Morgan fingerprint density at radius 1 is 1.70 bits per heavy atom. The minimum atomic E-state index is -1.45. The molecule has 1 rings (SSSR count). The summed E-state index contributed by atoms with van der Waals surface area (Å²) in [6, 6.07) is 0. The number of rotatable bonds is 0. The van der Waals surface area contributed by atoms with Gasteiger partial charge in [0.25, 0.3) is 0 Å². The third-order valence-corrected chi connectivity index (χ3v) is 2.97. The smallest absolute Gasteiger partial charge is 0.227 e. The molecule has 1 fully saturated rings. The third kappa shape index (κ3) is 1.02. The summed E-state index contributed by atoms with van der Waals surface area (Å²) in [5.41, 5.74) is 0. The molecule has 0 aliphatic carbocycles. The van der Waals surface area contributed by atoms with E-state index < -0.39 is 4.33 Å². The molecule has 1 aliphatic heterocycles. The third-order valence-electron chi connectivity index (χ3n) is 1.35. The second kappa shape index (κ2) is 2.32. The van der Waals surface area contributed by atoms with Crippen molar-refractivity contribution in [3.05, 3.63) is 0 Å². The number of ketones is 1. The number of Topliss-reactive ketones (excluding diaryl/α,β-unsaturated/α-hetero) is 1. The maximum absolute atomic E-state index is 10.9. The predicted octanol–water partition coefficient (Wildman–Crippen LogP) is 1.00. The van der Waals surface area contributed by atoms with E-state index in [0.717, 1.165) is 0 Å². The number of hydrogen-bond acceptors (Lipinski definition) is 2. The van der Waals surface area contributed by atoms with Crippen molar-refractivity contribution in [2.45, 2.75) is 4.33 Å². The van der Waals surface area contributed by atoms with Gasteiger partial charge in [0, 0.05) is 7.05 Å². The van der Waals surface area contributed by atoms with E-state index >= 15 is 0 Å². The molecule has 2 nitrogen and oxygen atoms in total. The summed E-state index contributed by atoms with van der Waals surface area (Å²) in [5.74, 6) is -0.247. The summed E-state index contributed by atoms with van der Waals surface area (Å²) in [6.45, 7) is 0.214. The molecule has 0 aromatic carbocycles. The Bertz CT molecular complexity index is 204. The molecule has 1 aliphatic rings. The van der Waals surface area contributed by atoms with E-state index in [1.54, 1.807) is 11.9 Å². The average Bonchev–Trinajstić information content (AvgIpc) is 1.97. The van der Waals surface area contributed by atoms with Crippen molar-refractivity contribution in [1.82, 2.24) is 4.90 Å². The SMILES string of the molecule is CN1CC(=O)C(Cl)(Cl)C1=S. The summed E-state index contributed by atoms with van der Waals surface area (Å²) < 4.78 is -1.45. The number of carbonyl (C=O) groups is 1. The number of carbonyl (C=O) groups excluding carboxylic acids is 1. The Morgan fingerprint density at radius 3 is 2.30 bits per heavy atom. The summed E-state index contributed by atoms with van der Waals surface area (Å²) in [6.07, 6.45) is 0. The zero-order chi connectivity index (χ0) is 7.94. The lowest BCUT2D eigenvalue weighted by Gasteiger charge is -2.12. The molecule has 0 aromatic heterocycles. The van der Waals surface area contributed by atoms with Gasteiger partial charge in [-0.15, -0.1) is 0 Å². The van der Waals surface area contributed by atoms with E-state index in [1.165, 1.54) is 0 Å². The largest absolute Gasteiger partial charge is 0.359 e. The molecule has 0 N–H and O–H groups in total. The van der Waals surface area contributed by atoms with Gasteiger partial charge in [0.05, 0.1) is 6.54 Å². The minimum absolute atomic E-state index is 0.214. The van der Waals surface area contributed by atoms with Crippen LogP contribution in [0.15, 0.2) is 0 Å².